The molecule has 0 fully saturated rings. The average molecular weight is 377 g/mol. The Balaban J connectivity index is 1.65. The number of rotatable bonds is 5. The number of oxazole rings is 1. The number of benzene rings is 2. The van der Waals surface area contributed by atoms with Gasteiger partial charge in [-0.05, 0) is 32.0 Å². The second-order valence-electron chi connectivity index (χ2n) is 6.70. The molecule has 0 atom stereocenters. The highest BCUT2D eigenvalue weighted by molar-refractivity contribution is 5.98. The van der Waals surface area contributed by atoms with Crippen LogP contribution in [0.3, 0.4) is 0 Å². The Morgan fingerprint density at radius 1 is 1.14 bits per heavy atom. The van der Waals surface area contributed by atoms with Crippen LogP contribution in [0.5, 0.6) is 0 Å². The van der Waals surface area contributed by atoms with Crippen molar-refractivity contribution in [3.05, 3.63) is 89.0 Å². The number of carbonyl (C=O) groups is 1. The second kappa shape index (κ2) is 7.31. The van der Waals surface area contributed by atoms with Crippen LogP contribution in [0.15, 0.2) is 59.0 Å². The van der Waals surface area contributed by atoms with Gasteiger partial charge in [0.05, 0.1) is 18.8 Å². The summed E-state index contributed by atoms with van der Waals surface area (Å²) in [5.41, 5.74) is 2.66. The molecule has 0 saturated carbocycles. The van der Waals surface area contributed by atoms with Crippen LogP contribution < -0.4 is 5.32 Å². The van der Waals surface area contributed by atoms with Gasteiger partial charge in [0.15, 0.2) is 0 Å². The summed E-state index contributed by atoms with van der Waals surface area (Å²) in [5.74, 6) is 0.636. The van der Waals surface area contributed by atoms with Crippen LogP contribution in [-0.2, 0) is 13.1 Å². The normalized spacial score (nSPS) is 11.1. The Morgan fingerprint density at radius 2 is 1.89 bits per heavy atom. The summed E-state index contributed by atoms with van der Waals surface area (Å²) in [6.07, 6.45) is 0. The van der Waals surface area contributed by atoms with Crippen LogP contribution >= 0.6 is 0 Å². The topological polar surface area (TPSA) is 60.1 Å². The maximum Gasteiger partial charge on any atom is 0.268 e. The van der Waals surface area contributed by atoms with Crippen molar-refractivity contribution in [2.24, 2.45) is 0 Å². The van der Waals surface area contributed by atoms with Gasteiger partial charge in [0, 0.05) is 16.5 Å². The van der Waals surface area contributed by atoms with Gasteiger partial charge >= 0.3 is 0 Å². The van der Waals surface area contributed by atoms with Gasteiger partial charge in [-0.15, -0.1) is 0 Å². The minimum absolute atomic E-state index is 0.189. The van der Waals surface area contributed by atoms with E-state index in [0.717, 1.165) is 22.4 Å². The molecular weight excluding hydrogens is 357 g/mol. The van der Waals surface area contributed by atoms with Crippen LogP contribution in [-0.4, -0.2) is 15.5 Å². The van der Waals surface area contributed by atoms with E-state index in [0.29, 0.717) is 17.1 Å². The van der Waals surface area contributed by atoms with Gasteiger partial charge in [-0.2, -0.15) is 0 Å². The summed E-state index contributed by atoms with van der Waals surface area (Å²) in [4.78, 5) is 17.2. The van der Waals surface area contributed by atoms with Crippen molar-refractivity contribution in [2.45, 2.75) is 26.9 Å². The summed E-state index contributed by atoms with van der Waals surface area (Å²) in [6.45, 7) is 4.14. The standard InChI is InChI=1S/C22H20FN3O2/c1-14-15(2)28-21(25-14)12-24-22(27)20-11-16-7-4-6-10-19(16)26(20)13-17-8-3-5-9-18(17)23/h3-11H,12-13H2,1-2H3,(H,24,27). The average Bonchev–Trinajstić information content (AvgIpc) is 3.22. The zero-order valence-electron chi connectivity index (χ0n) is 15.7. The minimum Gasteiger partial charge on any atom is -0.444 e. The highest BCUT2D eigenvalue weighted by Crippen LogP contribution is 2.22. The molecule has 0 saturated heterocycles. The van der Waals surface area contributed by atoms with Crippen molar-refractivity contribution >= 4 is 16.8 Å². The number of nitrogens with one attached hydrogen (secondary N) is 1. The number of carbonyl (C=O) groups excluding carboxylic acids is 1. The quantitative estimate of drug-likeness (QED) is 0.562. The molecular formula is C22H20FN3O2. The Kier molecular flexibility index (Phi) is 4.69. The Hall–Kier alpha value is -3.41. The number of aryl methyl sites for hydroxylation is 2. The molecule has 28 heavy (non-hydrogen) atoms. The second-order valence-corrected chi connectivity index (χ2v) is 6.70. The number of aromatic nitrogens is 2. The molecule has 0 aliphatic rings. The summed E-state index contributed by atoms with van der Waals surface area (Å²) in [6, 6.07) is 16.1. The molecule has 0 radical (unpaired) electrons. The van der Waals surface area contributed by atoms with Gasteiger partial charge in [-0.3, -0.25) is 4.79 Å². The molecule has 2 aromatic carbocycles. The van der Waals surface area contributed by atoms with Crippen molar-refractivity contribution in [1.29, 1.82) is 0 Å². The molecule has 6 heteroatoms. The molecule has 142 valence electrons. The van der Waals surface area contributed by atoms with Gasteiger partial charge in [0.25, 0.3) is 5.91 Å². The molecule has 4 rings (SSSR count). The van der Waals surface area contributed by atoms with Crippen molar-refractivity contribution < 1.29 is 13.6 Å². The number of halogens is 1. The van der Waals surface area contributed by atoms with E-state index < -0.39 is 0 Å². The summed E-state index contributed by atoms with van der Waals surface area (Å²) in [7, 11) is 0. The van der Waals surface area contributed by atoms with E-state index in [1.165, 1.54) is 6.07 Å². The zero-order valence-corrected chi connectivity index (χ0v) is 15.7. The lowest BCUT2D eigenvalue weighted by molar-refractivity contribution is 0.0938. The molecule has 0 bridgehead atoms. The van der Waals surface area contributed by atoms with Crippen molar-refractivity contribution in [3.63, 3.8) is 0 Å². The smallest absolute Gasteiger partial charge is 0.268 e. The number of amides is 1. The summed E-state index contributed by atoms with van der Waals surface area (Å²) < 4.78 is 21.5. The third kappa shape index (κ3) is 3.41. The number of nitrogens with zero attached hydrogens (tertiary/aromatic N) is 2. The monoisotopic (exact) mass is 377 g/mol. The van der Waals surface area contributed by atoms with Gasteiger partial charge < -0.3 is 14.3 Å². The van der Waals surface area contributed by atoms with E-state index in [-0.39, 0.29) is 24.8 Å². The molecule has 0 spiro atoms. The number of hydrogen-bond donors (Lipinski definition) is 1. The third-order valence-electron chi connectivity index (χ3n) is 4.80. The predicted molar refractivity (Wildman–Crippen MR) is 105 cm³/mol. The molecule has 0 aliphatic heterocycles. The fourth-order valence-electron chi connectivity index (χ4n) is 3.23. The van der Waals surface area contributed by atoms with E-state index in [1.54, 1.807) is 18.2 Å². The summed E-state index contributed by atoms with van der Waals surface area (Å²) in [5, 5.41) is 3.77. The molecule has 0 aliphatic carbocycles. The lowest BCUT2D eigenvalue weighted by Gasteiger charge is -2.11. The first-order valence-electron chi connectivity index (χ1n) is 9.05. The molecule has 4 aromatic rings. The molecule has 0 unspecified atom stereocenters. The van der Waals surface area contributed by atoms with Crippen LogP contribution in [0.25, 0.3) is 10.9 Å². The lowest BCUT2D eigenvalue weighted by atomic mass is 10.2. The first-order valence-corrected chi connectivity index (χ1v) is 9.05. The maximum absolute atomic E-state index is 14.2. The van der Waals surface area contributed by atoms with Crippen LogP contribution in [0, 0.1) is 19.7 Å². The molecule has 2 aromatic heterocycles. The Bertz CT molecular complexity index is 1140. The Morgan fingerprint density at radius 3 is 2.64 bits per heavy atom. The van der Waals surface area contributed by atoms with Crippen molar-refractivity contribution in [2.75, 3.05) is 0 Å². The lowest BCUT2D eigenvalue weighted by Crippen LogP contribution is -2.26. The first-order chi connectivity index (χ1) is 13.5. The molecule has 2 heterocycles. The minimum atomic E-state index is -0.294. The van der Waals surface area contributed by atoms with Gasteiger partial charge in [-0.25, -0.2) is 9.37 Å². The third-order valence-corrected chi connectivity index (χ3v) is 4.80. The van der Waals surface area contributed by atoms with Crippen LogP contribution in [0.1, 0.15) is 33.4 Å². The summed E-state index contributed by atoms with van der Waals surface area (Å²) >= 11 is 0. The number of para-hydroxylation sites is 1. The highest BCUT2D eigenvalue weighted by atomic mass is 19.1. The maximum atomic E-state index is 14.2. The SMILES string of the molecule is Cc1nc(CNC(=O)c2cc3ccccc3n2Cc2ccccc2F)oc1C. The molecule has 5 nitrogen and oxygen atoms in total. The molecule has 1 amide bonds. The zero-order chi connectivity index (χ0) is 19.7. The van der Waals surface area contributed by atoms with E-state index in [9.17, 15) is 9.18 Å². The Labute approximate surface area is 161 Å². The van der Waals surface area contributed by atoms with Crippen LogP contribution in [0.4, 0.5) is 4.39 Å². The van der Waals surface area contributed by atoms with Crippen LogP contribution in [0.2, 0.25) is 0 Å². The van der Waals surface area contributed by atoms with Crippen molar-refractivity contribution in [3.8, 4) is 0 Å². The van der Waals surface area contributed by atoms with E-state index >= 15 is 0 Å². The largest absolute Gasteiger partial charge is 0.444 e. The van der Waals surface area contributed by atoms with Gasteiger partial charge in [0.2, 0.25) is 5.89 Å². The fraction of sp³-hybridized carbons (Fsp3) is 0.182. The first kappa shape index (κ1) is 18.0. The molecule has 1 N–H and O–H groups in total. The van der Waals surface area contributed by atoms with E-state index in [1.807, 2.05) is 48.7 Å². The fourth-order valence-corrected chi connectivity index (χ4v) is 3.23. The number of fused-ring (bicyclic) bond motifs is 1. The van der Waals surface area contributed by atoms with Crippen molar-refractivity contribution in [1.82, 2.24) is 14.9 Å². The van der Waals surface area contributed by atoms with E-state index in [4.69, 9.17) is 4.42 Å². The predicted octanol–water partition coefficient (Wildman–Crippen LogP) is 4.36. The van der Waals surface area contributed by atoms with E-state index in [2.05, 4.69) is 10.3 Å². The number of hydrogen-bond acceptors (Lipinski definition) is 3. The van der Waals surface area contributed by atoms with Gasteiger partial charge in [-0.1, -0.05) is 36.4 Å². The van der Waals surface area contributed by atoms with Gasteiger partial charge in [0.1, 0.15) is 17.3 Å². The highest BCUT2D eigenvalue weighted by Gasteiger charge is 2.17.